The summed E-state index contributed by atoms with van der Waals surface area (Å²) >= 11 is 6.13. The maximum Gasteiger partial charge on any atom is 0.0471 e. The Morgan fingerprint density at radius 1 is 1.31 bits per heavy atom. The van der Waals surface area contributed by atoms with Gasteiger partial charge in [0, 0.05) is 22.8 Å². The van der Waals surface area contributed by atoms with E-state index in [1.807, 2.05) is 18.2 Å². The van der Waals surface area contributed by atoms with Crippen molar-refractivity contribution in [2.75, 3.05) is 19.3 Å². The Kier molecular flexibility index (Phi) is 5.64. The van der Waals surface area contributed by atoms with Gasteiger partial charge in [0.15, 0.2) is 0 Å². The van der Waals surface area contributed by atoms with Crippen LogP contribution >= 0.6 is 11.6 Å². The third-order valence-electron chi connectivity index (χ3n) is 2.73. The molecule has 3 heteroatoms. The second-order valence-corrected chi connectivity index (χ2v) is 4.66. The number of rotatable bonds is 6. The zero-order valence-electron chi connectivity index (χ0n) is 10.2. The van der Waals surface area contributed by atoms with Crippen molar-refractivity contribution in [2.45, 2.75) is 32.7 Å². The Balaban J connectivity index is 2.52. The first-order valence-electron chi connectivity index (χ1n) is 5.86. The Morgan fingerprint density at radius 3 is 2.69 bits per heavy atom. The van der Waals surface area contributed by atoms with Crippen LogP contribution in [0, 0.1) is 0 Å². The molecule has 0 radical (unpaired) electrons. The van der Waals surface area contributed by atoms with E-state index < -0.39 is 0 Å². The standard InChI is InChI=1S/C13H21ClN2/c1-3-4-5-9-16(2)10-11-12(14)7-6-8-13(11)15/h6-8H,3-5,9-10,15H2,1-2H3. The highest BCUT2D eigenvalue weighted by Crippen LogP contribution is 2.23. The average Bonchev–Trinajstić information content (AvgIpc) is 2.24. The molecule has 1 aromatic carbocycles. The molecule has 0 saturated carbocycles. The van der Waals surface area contributed by atoms with Crippen LogP contribution in [0.4, 0.5) is 5.69 Å². The lowest BCUT2D eigenvalue weighted by Gasteiger charge is -2.18. The van der Waals surface area contributed by atoms with E-state index in [-0.39, 0.29) is 0 Å². The molecular formula is C13H21ClN2. The molecule has 0 aliphatic rings. The summed E-state index contributed by atoms with van der Waals surface area (Å²) in [6.45, 7) is 4.14. The molecule has 0 fully saturated rings. The minimum Gasteiger partial charge on any atom is -0.398 e. The van der Waals surface area contributed by atoms with Crippen molar-refractivity contribution in [2.24, 2.45) is 0 Å². The molecule has 2 nitrogen and oxygen atoms in total. The van der Waals surface area contributed by atoms with Gasteiger partial charge in [0.1, 0.15) is 0 Å². The molecule has 0 spiro atoms. The summed E-state index contributed by atoms with van der Waals surface area (Å²) in [5.74, 6) is 0. The topological polar surface area (TPSA) is 29.3 Å². The molecule has 0 saturated heterocycles. The summed E-state index contributed by atoms with van der Waals surface area (Å²) in [6.07, 6.45) is 3.77. The van der Waals surface area contributed by atoms with E-state index in [1.54, 1.807) is 0 Å². The largest absolute Gasteiger partial charge is 0.398 e. The number of nitrogens with zero attached hydrogens (tertiary/aromatic N) is 1. The van der Waals surface area contributed by atoms with Crippen LogP contribution in [0.5, 0.6) is 0 Å². The van der Waals surface area contributed by atoms with Gasteiger partial charge in [-0.3, -0.25) is 0 Å². The molecular weight excluding hydrogens is 220 g/mol. The number of unbranched alkanes of at least 4 members (excludes halogenated alkanes) is 2. The highest BCUT2D eigenvalue weighted by atomic mass is 35.5. The number of nitrogens with two attached hydrogens (primary N) is 1. The number of benzene rings is 1. The van der Waals surface area contributed by atoms with Crippen molar-refractivity contribution in [3.63, 3.8) is 0 Å². The van der Waals surface area contributed by atoms with Crippen LogP contribution in [0.2, 0.25) is 5.02 Å². The molecule has 0 bridgehead atoms. The van der Waals surface area contributed by atoms with Crippen molar-refractivity contribution in [3.8, 4) is 0 Å². The molecule has 0 heterocycles. The van der Waals surface area contributed by atoms with Gasteiger partial charge in [-0.05, 0) is 32.1 Å². The molecule has 0 aliphatic carbocycles. The van der Waals surface area contributed by atoms with Gasteiger partial charge in [-0.1, -0.05) is 37.4 Å². The Labute approximate surface area is 103 Å². The van der Waals surface area contributed by atoms with Crippen molar-refractivity contribution in [1.82, 2.24) is 4.90 Å². The smallest absolute Gasteiger partial charge is 0.0471 e. The van der Waals surface area contributed by atoms with E-state index in [1.165, 1.54) is 19.3 Å². The van der Waals surface area contributed by atoms with E-state index >= 15 is 0 Å². The number of anilines is 1. The summed E-state index contributed by atoms with van der Waals surface area (Å²) in [6, 6.07) is 5.69. The van der Waals surface area contributed by atoms with E-state index in [0.29, 0.717) is 0 Å². The van der Waals surface area contributed by atoms with Crippen LogP contribution in [0.3, 0.4) is 0 Å². The molecule has 0 aromatic heterocycles. The minimum atomic E-state index is 0.766. The Morgan fingerprint density at radius 2 is 2.06 bits per heavy atom. The molecule has 0 aliphatic heterocycles. The monoisotopic (exact) mass is 240 g/mol. The molecule has 90 valence electrons. The number of hydrogen-bond acceptors (Lipinski definition) is 2. The van der Waals surface area contributed by atoms with Crippen LogP contribution < -0.4 is 5.73 Å². The van der Waals surface area contributed by atoms with Crippen LogP contribution in [0.15, 0.2) is 18.2 Å². The van der Waals surface area contributed by atoms with Gasteiger partial charge in [0.05, 0.1) is 0 Å². The average molecular weight is 241 g/mol. The van der Waals surface area contributed by atoms with Crippen LogP contribution in [-0.4, -0.2) is 18.5 Å². The third-order valence-corrected chi connectivity index (χ3v) is 3.08. The first-order valence-corrected chi connectivity index (χ1v) is 6.24. The van der Waals surface area contributed by atoms with Crippen molar-refractivity contribution >= 4 is 17.3 Å². The fourth-order valence-corrected chi connectivity index (χ4v) is 1.96. The maximum atomic E-state index is 6.13. The lowest BCUT2D eigenvalue weighted by atomic mass is 10.1. The lowest BCUT2D eigenvalue weighted by molar-refractivity contribution is 0.319. The van der Waals surface area contributed by atoms with Gasteiger partial charge in [0.25, 0.3) is 0 Å². The van der Waals surface area contributed by atoms with Gasteiger partial charge in [-0.15, -0.1) is 0 Å². The summed E-state index contributed by atoms with van der Waals surface area (Å²) in [5.41, 5.74) is 7.74. The predicted molar refractivity (Wildman–Crippen MR) is 71.7 cm³/mol. The van der Waals surface area contributed by atoms with E-state index in [9.17, 15) is 0 Å². The molecule has 0 amide bonds. The zero-order chi connectivity index (χ0) is 12.0. The fourth-order valence-electron chi connectivity index (χ4n) is 1.72. The van der Waals surface area contributed by atoms with Gasteiger partial charge in [-0.2, -0.15) is 0 Å². The van der Waals surface area contributed by atoms with Crippen molar-refractivity contribution in [1.29, 1.82) is 0 Å². The van der Waals surface area contributed by atoms with Gasteiger partial charge >= 0.3 is 0 Å². The highest BCUT2D eigenvalue weighted by molar-refractivity contribution is 6.31. The molecule has 0 unspecified atom stereocenters. The van der Waals surface area contributed by atoms with Crippen LogP contribution in [0.25, 0.3) is 0 Å². The SMILES string of the molecule is CCCCCN(C)Cc1c(N)cccc1Cl. The molecule has 2 N–H and O–H groups in total. The molecule has 0 atom stereocenters. The first kappa shape index (κ1) is 13.3. The summed E-state index contributed by atoms with van der Waals surface area (Å²) in [4.78, 5) is 2.27. The third kappa shape index (κ3) is 4.03. The van der Waals surface area contributed by atoms with E-state index in [0.717, 1.165) is 29.4 Å². The Bertz CT molecular complexity index is 305. The van der Waals surface area contributed by atoms with Gasteiger partial charge < -0.3 is 10.6 Å². The number of nitrogen functional groups attached to an aromatic ring is 1. The first-order chi connectivity index (χ1) is 7.65. The summed E-state index contributed by atoms with van der Waals surface area (Å²) < 4.78 is 0. The second kappa shape index (κ2) is 6.77. The van der Waals surface area contributed by atoms with Crippen molar-refractivity contribution in [3.05, 3.63) is 28.8 Å². The number of halogens is 1. The number of hydrogen-bond donors (Lipinski definition) is 1. The van der Waals surface area contributed by atoms with E-state index in [4.69, 9.17) is 17.3 Å². The minimum absolute atomic E-state index is 0.766. The zero-order valence-corrected chi connectivity index (χ0v) is 10.9. The Hall–Kier alpha value is -0.730. The fraction of sp³-hybridized carbons (Fsp3) is 0.538. The summed E-state index contributed by atoms with van der Waals surface area (Å²) in [7, 11) is 2.11. The predicted octanol–water partition coefficient (Wildman–Crippen LogP) is 3.54. The van der Waals surface area contributed by atoms with Gasteiger partial charge in [-0.25, -0.2) is 0 Å². The normalized spacial score (nSPS) is 11.0. The second-order valence-electron chi connectivity index (χ2n) is 4.25. The highest BCUT2D eigenvalue weighted by Gasteiger charge is 2.07. The van der Waals surface area contributed by atoms with Crippen molar-refractivity contribution < 1.29 is 0 Å². The van der Waals surface area contributed by atoms with Gasteiger partial charge in [0.2, 0.25) is 0 Å². The molecule has 1 rings (SSSR count). The maximum absolute atomic E-state index is 6.13. The van der Waals surface area contributed by atoms with Crippen LogP contribution in [-0.2, 0) is 6.54 Å². The summed E-state index contributed by atoms with van der Waals surface area (Å²) in [5, 5.41) is 0.766. The van der Waals surface area contributed by atoms with E-state index in [2.05, 4.69) is 18.9 Å². The quantitative estimate of drug-likeness (QED) is 0.609. The molecule has 16 heavy (non-hydrogen) atoms. The lowest BCUT2D eigenvalue weighted by Crippen LogP contribution is -2.20. The van der Waals surface area contributed by atoms with Crippen LogP contribution in [0.1, 0.15) is 31.7 Å². The molecule has 1 aromatic rings.